The zero-order valence-electron chi connectivity index (χ0n) is 8.84. The predicted molar refractivity (Wildman–Crippen MR) is 65.1 cm³/mol. The van der Waals surface area contributed by atoms with E-state index in [9.17, 15) is 10.2 Å². The molecule has 0 saturated heterocycles. The standard InChI is InChI=1S/C13H12O2S/c1-9-8-10(6-7-11(9)14)16-13-5-3-2-4-12(13)15/h2-8,14-15H,1H3. The van der Waals surface area contributed by atoms with Gasteiger partial charge in [-0.3, -0.25) is 0 Å². The first kappa shape index (κ1) is 10.9. The lowest BCUT2D eigenvalue weighted by molar-refractivity contribution is 0.462. The van der Waals surface area contributed by atoms with Crippen LogP contribution in [-0.4, -0.2) is 10.2 Å². The van der Waals surface area contributed by atoms with Crippen LogP contribution in [0, 0.1) is 6.92 Å². The summed E-state index contributed by atoms with van der Waals surface area (Å²) in [6.07, 6.45) is 0. The van der Waals surface area contributed by atoms with Gasteiger partial charge in [0.15, 0.2) is 0 Å². The van der Waals surface area contributed by atoms with Crippen molar-refractivity contribution in [3.63, 3.8) is 0 Å². The minimum Gasteiger partial charge on any atom is -0.508 e. The van der Waals surface area contributed by atoms with Gasteiger partial charge in [-0.25, -0.2) is 0 Å². The van der Waals surface area contributed by atoms with Crippen molar-refractivity contribution in [1.29, 1.82) is 0 Å². The van der Waals surface area contributed by atoms with Gasteiger partial charge in [0.1, 0.15) is 11.5 Å². The van der Waals surface area contributed by atoms with E-state index in [1.165, 1.54) is 11.8 Å². The monoisotopic (exact) mass is 232 g/mol. The molecule has 0 aliphatic carbocycles. The minimum atomic E-state index is 0.276. The molecule has 0 saturated carbocycles. The topological polar surface area (TPSA) is 40.5 Å². The lowest BCUT2D eigenvalue weighted by atomic mass is 10.2. The lowest BCUT2D eigenvalue weighted by Gasteiger charge is -2.05. The van der Waals surface area contributed by atoms with Gasteiger partial charge in [-0.15, -0.1) is 0 Å². The highest BCUT2D eigenvalue weighted by atomic mass is 32.2. The molecule has 0 atom stereocenters. The van der Waals surface area contributed by atoms with Crippen molar-refractivity contribution in [2.75, 3.05) is 0 Å². The highest BCUT2D eigenvalue weighted by Gasteiger charge is 2.03. The Bertz CT molecular complexity index is 509. The fourth-order valence-electron chi connectivity index (χ4n) is 1.36. The number of hydrogen-bond donors (Lipinski definition) is 2. The zero-order chi connectivity index (χ0) is 11.5. The molecule has 0 spiro atoms. The van der Waals surface area contributed by atoms with Crippen molar-refractivity contribution >= 4 is 11.8 Å². The molecule has 2 nitrogen and oxygen atoms in total. The second kappa shape index (κ2) is 4.49. The van der Waals surface area contributed by atoms with Crippen LogP contribution in [0.25, 0.3) is 0 Å². The van der Waals surface area contributed by atoms with Crippen molar-refractivity contribution in [3.8, 4) is 11.5 Å². The van der Waals surface area contributed by atoms with E-state index >= 15 is 0 Å². The molecule has 0 aromatic heterocycles. The van der Waals surface area contributed by atoms with Crippen molar-refractivity contribution in [2.45, 2.75) is 16.7 Å². The Labute approximate surface area is 98.6 Å². The zero-order valence-corrected chi connectivity index (χ0v) is 9.66. The third kappa shape index (κ3) is 2.31. The van der Waals surface area contributed by atoms with Crippen molar-refractivity contribution in [1.82, 2.24) is 0 Å². The van der Waals surface area contributed by atoms with Gasteiger partial charge in [-0.1, -0.05) is 23.9 Å². The van der Waals surface area contributed by atoms with Crippen LogP contribution < -0.4 is 0 Å². The summed E-state index contributed by atoms with van der Waals surface area (Å²) < 4.78 is 0. The van der Waals surface area contributed by atoms with E-state index in [4.69, 9.17) is 0 Å². The SMILES string of the molecule is Cc1cc(Sc2ccccc2O)ccc1O. The Morgan fingerprint density at radius 3 is 2.38 bits per heavy atom. The molecule has 2 aromatic carbocycles. The summed E-state index contributed by atoms with van der Waals surface area (Å²) >= 11 is 1.48. The maximum atomic E-state index is 9.63. The van der Waals surface area contributed by atoms with Gasteiger partial charge in [0.05, 0.1) is 4.90 Å². The van der Waals surface area contributed by atoms with Gasteiger partial charge >= 0.3 is 0 Å². The molecular weight excluding hydrogens is 220 g/mol. The van der Waals surface area contributed by atoms with E-state index in [-0.39, 0.29) is 5.75 Å². The molecule has 0 bridgehead atoms. The number of aromatic hydroxyl groups is 2. The molecule has 0 aliphatic rings. The third-order valence-electron chi connectivity index (χ3n) is 2.26. The van der Waals surface area contributed by atoms with E-state index in [2.05, 4.69) is 0 Å². The fraction of sp³-hybridized carbons (Fsp3) is 0.0769. The van der Waals surface area contributed by atoms with Gasteiger partial charge < -0.3 is 10.2 Å². The summed E-state index contributed by atoms with van der Waals surface area (Å²) in [5, 5.41) is 19.0. The molecule has 2 aromatic rings. The maximum absolute atomic E-state index is 9.63. The van der Waals surface area contributed by atoms with Crippen molar-refractivity contribution in [2.24, 2.45) is 0 Å². The largest absolute Gasteiger partial charge is 0.508 e. The summed E-state index contributed by atoms with van der Waals surface area (Å²) in [7, 11) is 0. The number of hydrogen-bond acceptors (Lipinski definition) is 3. The smallest absolute Gasteiger partial charge is 0.129 e. The molecule has 82 valence electrons. The van der Waals surface area contributed by atoms with Crippen molar-refractivity contribution in [3.05, 3.63) is 48.0 Å². The average molecular weight is 232 g/mol. The normalized spacial score (nSPS) is 10.3. The highest BCUT2D eigenvalue weighted by molar-refractivity contribution is 7.99. The van der Waals surface area contributed by atoms with E-state index in [0.717, 1.165) is 15.4 Å². The summed E-state index contributed by atoms with van der Waals surface area (Å²) in [4.78, 5) is 1.81. The van der Waals surface area contributed by atoms with Crippen LogP contribution in [0.5, 0.6) is 11.5 Å². The molecule has 0 amide bonds. The second-order valence-electron chi connectivity index (χ2n) is 3.52. The van der Waals surface area contributed by atoms with Gasteiger partial charge in [-0.05, 0) is 42.8 Å². The number of rotatable bonds is 2. The number of benzene rings is 2. The molecule has 0 fully saturated rings. The third-order valence-corrected chi connectivity index (χ3v) is 3.32. The molecule has 2 N–H and O–H groups in total. The minimum absolute atomic E-state index is 0.276. The van der Waals surface area contributed by atoms with Crippen LogP contribution in [0.4, 0.5) is 0 Å². The number of phenolic OH excluding ortho intramolecular Hbond substituents is 2. The van der Waals surface area contributed by atoms with E-state index < -0.39 is 0 Å². The Hall–Kier alpha value is -1.61. The highest BCUT2D eigenvalue weighted by Crippen LogP contribution is 2.35. The maximum Gasteiger partial charge on any atom is 0.129 e. The predicted octanol–water partition coefficient (Wildman–Crippen LogP) is 3.56. The van der Waals surface area contributed by atoms with Gasteiger partial charge in [0, 0.05) is 4.90 Å². The number of phenols is 2. The Kier molecular flexibility index (Phi) is 3.06. The van der Waals surface area contributed by atoms with E-state index in [1.807, 2.05) is 31.2 Å². The van der Waals surface area contributed by atoms with Crippen LogP contribution >= 0.6 is 11.8 Å². The molecule has 0 aliphatic heterocycles. The molecule has 3 heteroatoms. The molecule has 0 radical (unpaired) electrons. The van der Waals surface area contributed by atoms with Gasteiger partial charge in [-0.2, -0.15) is 0 Å². The summed E-state index contributed by atoms with van der Waals surface area (Å²) in [6.45, 7) is 1.85. The molecule has 0 heterocycles. The van der Waals surface area contributed by atoms with Crippen LogP contribution in [0.2, 0.25) is 0 Å². The molecule has 16 heavy (non-hydrogen) atoms. The second-order valence-corrected chi connectivity index (χ2v) is 4.63. The molecular formula is C13H12O2S. The summed E-state index contributed by atoms with van der Waals surface area (Å²) in [5.74, 6) is 0.569. The van der Waals surface area contributed by atoms with Gasteiger partial charge in [0.25, 0.3) is 0 Å². The Balaban J connectivity index is 2.28. The van der Waals surface area contributed by atoms with E-state index in [0.29, 0.717) is 5.75 Å². The molecule has 0 unspecified atom stereocenters. The Morgan fingerprint density at radius 2 is 1.69 bits per heavy atom. The summed E-state index contributed by atoms with van der Waals surface area (Å²) in [6, 6.07) is 12.6. The first-order valence-electron chi connectivity index (χ1n) is 4.92. The first-order valence-corrected chi connectivity index (χ1v) is 5.74. The Morgan fingerprint density at radius 1 is 0.938 bits per heavy atom. The average Bonchev–Trinajstić information content (AvgIpc) is 2.27. The fourth-order valence-corrected chi connectivity index (χ4v) is 2.31. The van der Waals surface area contributed by atoms with Crippen LogP contribution in [0.1, 0.15) is 5.56 Å². The lowest BCUT2D eigenvalue weighted by Crippen LogP contribution is -1.78. The quantitative estimate of drug-likeness (QED) is 0.831. The number of para-hydroxylation sites is 1. The molecule has 2 rings (SSSR count). The van der Waals surface area contributed by atoms with Gasteiger partial charge in [0.2, 0.25) is 0 Å². The van der Waals surface area contributed by atoms with Crippen LogP contribution in [0.15, 0.2) is 52.3 Å². The first-order chi connectivity index (χ1) is 7.66. The van der Waals surface area contributed by atoms with Crippen LogP contribution in [0.3, 0.4) is 0 Å². The number of aryl methyl sites for hydroxylation is 1. The van der Waals surface area contributed by atoms with E-state index in [1.54, 1.807) is 18.2 Å². The summed E-state index contributed by atoms with van der Waals surface area (Å²) in [5.41, 5.74) is 0.834. The van der Waals surface area contributed by atoms with Crippen LogP contribution in [-0.2, 0) is 0 Å². The van der Waals surface area contributed by atoms with Crippen molar-refractivity contribution < 1.29 is 10.2 Å².